The van der Waals surface area contributed by atoms with Crippen LogP contribution in [0.2, 0.25) is 5.02 Å². The van der Waals surface area contributed by atoms with Gasteiger partial charge in [0.15, 0.2) is 0 Å². The molecule has 13 heteroatoms. The number of thiazole rings is 1. The van der Waals surface area contributed by atoms with Crippen molar-refractivity contribution < 1.29 is 23.8 Å². The molecular weight excluding hydrogens is 610 g/mol. The molecular formula is C30H24ClN5O5S2. The second-order valence-corrected chi connectivity index (χ2v) is 11.0. The number of nitrogen functional groups attached to an aromatic ring is 1. The van der Waals surface area contributed by atoms with Crippen molar-refractivity contribution in [3.05, 3.63) is 75.8 Å². The molecule has 218 valence electrons. The summed E-state index contributed by atoms with van der Waals surface area (Å²) in [6, 6.07) is 18.5. The van der Waals surface area contributed by atoms with Gasteiger partial charge in [-0.15, -0.1) is 11.3 Å². The number of aromatic nitrogens is 2. The van der Waals surface area contributed by atoms with Crippen LogP contribution >= 0.6 is 34.7 Å². The third-order valence-electron chi connectivity index (χ3n) is 5.93. The molecule has 4 aromatic rings. The molecule has 0 atom stereocenters. The molecule has 0 spiro atoms. The van der Waals surface area contributed by atoms with Crippen LogP contribution in [0.5, 0.6) is 5.75 Å². The summed E-state index contributed by atoms with van der Waals surface area (Å²) < 4.78 is 15.2. The van der Waals surface area contributed by atoms with Gasteiger partial charge in [-0.25, -0.2) is 9.97 Å². The van der Waals surface area contributed by atoms with Gasteiger partial charge in [-0.3, -0.25) is 9.59 Å². The Bertz CT molecular complexity index is 1700. The average Bonchev–Trinajstić information content (AvgIpc) is 3.50. The smallest absolute Gasteiger partial charge is 0.306 e. The number of methoxy groups -OCH3 is 1. The first-order valence-corrected chi connectivity index (χ1v) is 15.0. The quantitative estimate of drug-likeness (QED) is 0.110. The zero-order valence-corrected chi connectivity index (χ0v) is 25.2. The number of ether oxygens (including phenoxy) is 3. The van der Waals surface area contributed by atoms with Crippen LogP contribution < -0.4 is 10.5 Å². The molecule has 4 rings (SSSR count). The number of carbonyl (C=O) groups excluding carboxylic acids is 2. The summed E-state index contributed by atoms with van der Waals surface area (Å²) in [4.78, 5) is 31.9. The van der Waals surface area contributed by atoms with Crippen molar-refractivity contribution in [3.8, 4) is 39.6 Å². The molecule has 0 fully saturated rings. The number of halogens is 1. The van der Waals surface area contributed by atoms with Crippen molar-refractivity contribution in [2.24, 2.45) is 0 Å². The number of anilines is 1. The molecule has 0 radical (unpaired) electrons. The molecule has 0 amide bonds. The predicted molar refractivity (Wildman–Crippen MR) is 163 cm³/mol. The number of nitrogens with zero attached hydrogens (tertiary/aromatic N) is 4. The van der Waals surface area contributed by atoms with Crippen LogP contribution in [0.25, 0.3) is 21.7 Å². The average molecular weight is 634 g/mol. The van der Waals surface area contributed by atoms with Gasteiger partial charge in [0.05, 0.1) is 31.2 Å². The predicted octanol–water partition coefficient (Wildman–Crippen LogP) is 6.02. The van der Waals surface area contributed by atoms with Crippen molar-refractivity contribution in [1.29, 1.82) is 10.5 Å². The molecule has 0 aliphatic heterocycles. The Hall–Kier alpha value is -4.62. The highest BCUT2D eigenvalue weighted by Gasteiger charge is 2.21. The summed E-state index contributed by atoms with van der Waals surface area (Å²) in [7, 11) is 1.25. The van der Waals surface area contributed by atoms with Crippen LogP contribution in [0.3, 0.4) is 0 Å². The zero-order valence-electron chi connectivity index (χ0n) is 22.8. The van der Waals surface area contributed by atoms with Gasteiger partial charge in [-0.05, 0) is 29.8 Å². The van der Waals surface area contributed by atoms with E-state index in [0.717, 1.165) is 16.3 Å². The van der Waals surface area contributed by atoms with Crippen LogP contribution in [0, 0.1) is 22.7 Å². The minimum atomic E-state index is -0.530. The lowest BCUT2D eigenvalue weighted by Crippen LogP contribution is -2.13. The van der Waals surface area contributed by atoms with E-state index in [-0.39, 0.29) is 43.0 Å². The fourth-order valence-corrected chi connectivity index (χ4v) is 5.79. The topological polar surface area (TPSA) is 161 Å². The largest absolute Gasteiger partial charge is 0.490 e. The van der Waals surface area contributed by atoms with Gasteiger partial charge in [0.2, 0.25) is 0 Å². The minimum Gasteiger partial charge on any atom is -0.490 e. The van der Waals surface area contributed by atoms with Crippen molar-refractivity contribution in [1.82, 2.24) is 9.97 Å². The first-order valence-electron chi connectivity index (χ1n) is 12.8. The number of nitrogens with two attached hydrogens (primary N) is 1. The number of thioether (sulfide) groups is 1. The van der Waals surface area contributed by atoms with Crippen LogP contribution in [-0.4, -0.2) is 42.2 Å². The molecule has 2 N–H and O–H groups in total. The van der Waals surface area contributed by atoms with E-state index in [4.69, 9.17) is 26.8 Å². The number of benzene rings is 2. The molecule has 0 unspecified atom stereocenters. The first-order chi connectivity index (χ1) is 20.8. The summed E-state index contributed by atoms with van der Waals surface area (Å²) in [5, 5.41) is 23.8. The molecule has 0 aliphatic carbocycles. The fourth-order valence-electron chi connectivity index (χ4n) is 3.84. The minimum absolute atomic E-state index is 0.000565. The SMILES string of the molecule is COC(=O)CCC(=O)OCCOc1ccc(-c2c(C#N)c(N)nc(SCc3csc(-c4ccc(Cl)cc4)n3)c2C#N)cc1. The van der Waals surface area contributed by atoms with E-state index in [1.165, 1.54) is 30.2 Å². The maximum atomic E-state index is 11.7. The normalized spacial score (nSPS) is 10.4. The van der Waals surface area contributed by atoms with E-state index in [9.17, 15) is 20.1 Å². The number of rotatable bonds is 12. The Kier molecular flexibility index (Phi) is 10.9. The Morgan fingerprint density at radius 2 is 1.63 bits per heavy atom. The molecule has 0 bridgehead atoms. The lowest BCUT2D eigenvalue weighted by Gasteiger charge is -2.13. The lowest BCUT2D eigenvalue weighted by atomic mass is 9.97. The number of esters is 2. The fraction of sp³-hybridized carbons (Fsp3) is 0.200. The van der Waals surface area contributed by atoms with Gasteiger partial charge < -0.3 is 19.9 Å². The van der Waals surface area contributed by atoms with Crippen molar-refractivity contribution in [3.63, 3.8) is 0 Å². The van der Waals surface area contributed by atoms with Crippen molar-refractivity contribution in [2.75, 3.05) is 26.1 Å². The van der Waals surface area contributed by atoms with Crippen LogP contribution in [0.15, 0.2) is 58.9 Å². The summed E-state index contributed by atoms with van der Waals surface area (Å²) in [6.45, 7) is 0.0934. The highest BCUT2D eigenvalue weighted by Crippen LogP contribution is 2.37. The van der Waals surface area contributed by atoms with Gasteiger partial charge >= 0.3 is 11.9 Å². The maximum absolute atomic E-state index is 11.7. The van der Waals surface area contributed by atoms with E-state index in [0.29, 0.717) is 32.7 Å². The highest BCUT2D eigenvalue weighted by atomic mass is 35.5. The summed E-state index contributed by atoms with van der Waals surface area (Å²) in [5.41, 5.74) is 9.23. The van der Waals surface area contributed by atoms with E-state index in [1.54, 1.807) is 24.3 Å². The van der Waals surface area contributed by atoms with Crippen molar-refractivity contribution >= 4 is 52.5 Å². The Morgan fingerprint density at radius 1 is 0.953 bits per heavy atom. The molecule has 2 aromatic heterocycles. The molecule has 43 heavy (non-hydrogen) atoms. The maximum Gasteiger partial charge on any atom is 0.306 e. The number of nitriles is 2. The third kappa shape index (κ3) is 8.23. The molecule has 2 heterocycles. The monoisotopic (exact) mass is 633 g/mol. The van der Waals surface area contributed by atoms with Gasteiger partial charge in [-0.1, -0.05) is 47.6 Å². The molecule has 0 saturated carbocycles. The van der Waals surface area contributed by atoms with Crippen LogP contribution in [-0.2, 0) is 24.8 Å². The van der Waals surface area contributed by atoms with E-state index >= 15 is 0 Å². The van der Waals surface area contributed by atoms with Crippen molar-refractivity contribution in [2.45, 2.75) is 23.6 Å². The number of hydrogen-bond donors (Lipinski definition) is 1. The second-order valence-electron chi connectivity index (χ2n) is 8.76. The molecule has 0 saturated heterocycles. The summed E-state index contributed by atoms with van der Waals surface area (Å²) >= 11 is 8.80. The zero-order chi connectivity index (χ0) is 30.8. The van der Waals surface area contributed by atoms with Gasteiger partial charge in [-0.2, -0.15) is 10.5 Å². The first kappa shape index (κ1) is 31.3. The van der Waals surface area contributed by atoms with E-state index < -0.39 is 11.9 Å². The molecule has 0 aliphatic rings. The van der Waals surface area contributed by atoms with Crippen LogP contribution in [0.4, 0.5) is 5.82 Å². The number of pyridine rings is 1. The summed E-state index contributed by atoms with van der Waals surface area (Å²) in [6.07, 6.45) is -0.129. The lowest BCUT2D eigenvalue weighted by molar-refractivity contribution is -0.149. The second kappa shape index (κ2) is 15.0. The van der Waals surface area contributed by atoms with Gasteiger partial charge in [0.25, 0.3) is 0 Å². The Balaban J connectivity index is 1.44. The standard InChI is InChI=1S/C30H24ClN5O5S2/c1-39-25(37)10-11-26(38)41-13-12-40-22-8-4-18(5-9-22)27-23(14-32)28(34)36-30(24(27)15-33)43-17-21-16-42-29(35-21)19-2-6-20(31)7-3-19/h2-9,16H,10-13,17H2,1H3,(H2,34,36). The Morgan fingerprint density at radius 3 is 2.30 bits per heavy atom. The summed E-state index contributed by atoms with van der Waals surface area (Å²) in [5.74, 6) is -0.0663. The Labute approximate surface area is 261 Å². The number of hydrogen-bond acceptors (Lipinski definition) is 12. The third-order valence-corrected chi connectivity index (χ3v) is 8.14. The van der Waals surface area contributed by atoms with Crippen LogP contribution in [0.1, 0.15) is 29.7 Å². The molecule has 10 nitrogen and oxygen atoms in total. The number of carbonyl (C=O) groups is 2. The molecule has 2 aromatic carbocycles. The van der Waals surface area contributed by atoms with Gasteiger partial charge in [0.1, 0.15) is 52.5 Å². The van der Waals surface area contributed by atoms with E-state index in [1.807, 2.05) is 29.6 Å². The van der Waals surface area contributed by atoms with Gasteiger partial charge in [0, 0.05) is 27.3 Å². The van der Waals surface area contributed by atoms with E-state index in [2.05, 4.69) is 26.8 Å². The highest BCUT2D eigenvalue weighted by molar-refractivity contribution is 7.98.